The number of hydrogen-bond donors (Lipinski definition) is 3. The summed E-state index contributed by atoms with van der Waals surface area (Å²) in [6.45, 7) is 0.299. The molecule has 0 fully saturated rings. The molecule has 84 valence electrons. The van der Waals surface area contributed by atoms with Crippen molar-refractivity contribution in [2.24, 2.45) is 0 Å². The molecule has 0 aromatic carbocycles. The highest BCUT2D eigenvalue weighted by Gasteiger charge is 2.18. The lowest BCUT2D eigenvalue weighted by molar-refractivity contribution is 0.0197. The molecule has 0 spiro atoms. The molecule has 1 aromatic rings. The van der Waals surface area contributed by atoms with E-state index in [9.17, 15) is 10.2 Å². The van der Waals surface area contributed by atoms with Crippen molar-refractivity contribution in [2.45, 2.75) is 12.2 Å². The van der Waals surface area contributed by atoms with Crippen LogP contribution in [0.15, 0.2) is 12.4 Å². The number of hydrogen-bond acceptors (Lipinski definition) is 6. The van der Waals surface area contributed by atoms with E-state index in [1.54, 1.807) is 7.05 Å². The Morgan fingerprint density at radius 3 is 2.47 bits per heavy atom. The average molecular weight is 213 g/mol. The van der Waals surface area contributed by atoms with Crippen LogP contribution < -0.4 is 10.1 Å². The van der Waals surface area contributed by atoms with Gasteiger partial charge in [0.1, 0.15) is 6.10 Å². The van der Waals surface area contributed by atoms with Gasteiger partial charge in [0.05, 0.1) is 13.2 Å². The van der Waals surface area contributed by atoms with Crippen LogP contribution in [0, 0.1) is 0 Å². The molecule has 1 heterocycles. The van der Waals surface area contributed by atoms with Crippen LogP contribution in [0.5, 0.6) is 6.01 Å². The van der Waals surface area contributed by atoms with Crippen molar-refractivity contribution in [1.29, 1.82) is 0 Å². The van der Waals surface area contributed by atoms with Crippen molar-refractivity contribution in [3.63, 3.8) is 0 Å². The number of ether oxygens (including phenoxy) is 1. The van der Waals surface area contributed by atoms with Crippen LogP contribution in [0.1, 0.15) is 11.7 Å². The molecule has 2 unspecified atom stereocenters. The molecule has 0 saturated carbocycles. The summed E-state index contributed by atoms with van der Waals surface area (Å²) in [5, 5.41) is 21.9. The molecule has 0 saturated heterocycles. The molecular formula is C9H15N3O3. The van der Waals surface area contributed by atoms with Crippen LogP contribution in [0.25, 0.3) is 0 Å². The molecule has 6 nitrogen and oxygen atoms in total. The third-order valence-electron chi connectivity index (χ3n) is 1.95. The maximum atomic E-state index is 9.67. The number of aromatic nitrogens is 2. The highest BCUT2D eigenvalue weighted by atomic mass is 16.5. The summed E-state index contributed by atoms with van der Waals surface area (Å²) in [7, 11) is 3.15. The molecule has 3 N–H and O–H groups in total. The Hall–Kier alpha value is -1.24. The number of nitrogens with zero attached hydrogens (tertiary/aromatic N) is 2. The second-order valence-electron chi connectivity index (χ2n) is 3.07. The molecule has 0 amide bonds. The Kier molecular flexibility index (Phi) is 4.41. The lowest BCUT2D eigenvalue weighted by Gasteiger charge is -2.16. The van der Waals surface area contributed by atoms with Crippen LogP contribution >= 0.6 is 0 Å². The van der Waals surface area contributed by atoms with Crippen molar-refractivity contribution in [3.8, 4) is 6.01 Å². The average Bonchev–Trinajstić information content (AvgIpc) is 2.28. The van der Waals surface area contributed by atoms with Gasteiger partial charge in [-0.15, -0.1) is 0 Å². The second kappa shape index (κ2) is 5.59. The van der Waals surface area contributed by atoms with Crippen LogP contribution in [0.3, 0.4) is 0 Å². The zero-order valence-corrected chi connectivity index (χ0v) is 8.71. The van der Waals surface area contributed by atoms with Gasteiger partial charge in [-0.1, -0.05) is 0 Å². The molecule has 0 aliphatic heterocycles. The number of rotatable bonds is 5. The third-order valence-corrected chi connectivity index (χ3v) is 1.95. The molecule has 2 atom stereocenters. The van der Waals surface area contributed by atoms with E-state index in [1.807, 2.05) is 0 Å². The zero-order chi connectivity index (χ0) is 11.3. The van der Waals surface area contributed by atoms with E-state index < -0.39 is 12.2 Å². The van der Waals surface area contributed by atoms with Crippen LogP contribution in [-0.4, -0.2) is 47.0 Å². The van der Waals surface area contributed by atoms with Crippen molar-refractivity contribution in [1.82, 2.24) is 15.3 Å². The maximum absolute atomic E-state index is 9.67. The van der Waals surface area contributed by atoms with Gasteiger partial charge in [-0.25, -0.2) is 9.97 Å². The smallest absolute Gasteiger partial charge is 0.316 e. The fourth-order valence-electron chi connectivity index (χ4n) is 1.13. The van der Waals surface area contributed by atoms with Gasteiger partial charge >= 0.3 is 6.01 Å². The summed E-state index contributed by atoms with van der Waals surface area (Å²) < 4.78 is 4.78. The molecule has 0 bridgehead atoms. The van der Waals surface area contributed by atoms with Gasteiger partial charge in [-0.2, -0.15) is 0 Å². The fraction of sp³-hybridized carbons (Fsp3) is 0.556. The Morgan fingerprint density at radius 1 is 1.40 bits per heavy atom. The van der Waals surface area contributed by atoms with E-state index in [0.29, 0.717) is 12.1 Å². The van der Waals surface area contributed by atoms with Crippen molar-refractivity contribution >= 4 is 0 Å². The van der Waals surface area contributed by atoms with E-state index >= 15 is 0 Å². The van der Waals surface area contributed by atoms with E-state index in [0.717, 1.165) is 0 Å². The van der Waals surface area contributed by atoms with Crippen LogP contribution in [-0.2, 0) is 0 Å². The molecular weight excluding hydrogens is 198 g/mol. The van der Waals surface area contributed by atoms with Gasteiger partial charge in [-0.05, 0) is 7.05 Å². The Bertz CT molecular complexity index is 291. The first-order chi connectivity index (χ1) is 7.19. The molecule has 1 rings (SSSR count). The summed E-state index contributed by atoms with van der Waals surface area (Å²) in [6, 6.07) is 0.231. The lowest BCUT2D eigenvalue weighted by atomic mass is 10.1. The molecule has 0 aliphatic carbocycles. The van der Waals surface area contributed by atoms with Crippen molar-refractivity contribution in [2.75, 3.05) is 20.7 Å². The summed E-state index contributed by atoms with van der Waals surface area (Å²) in [5.74, 6) is 0. The van der Waals surface area contributed by atoms with E-state index in [1.165, 1.54) is 19.5 Å². The van der Waals surface area contributed by atoms with Gasteiger partial charge in [-0.3, -0.25) is 0 Å². The number of aliphatic hydroxyl groups is 2. The first-order valence-corrected chi connectivity index (χ1v) is 4.55. The van der Waals surface area contributed by atoms with Gasteiger partial charge in [0, 0.05) is 24.5 Å². The standard InChI is InChI=1S/C9H15N3O3/c1-10-5-7(13)8(14)6-3-11-9(15-2)12-4-6/h3-4,7-8,10,13-14H,5H2,1-2H3. The molecule has 6 heteroatoms. The predicted octanol–water partition coefficient (Wildman–Crippen LogP) is -0.901. The summed E-state index contributed by atoms with van der Waals surface area (Å²) in [4.78, 5) is 7.67. The maximum Gasteiger partial charge on any atom is 0.316 e. The highest BCUT2D eigenvalue weighted by Crippen LogP contribution is 2.15. The summed E-state index contributed by atoms with van der Waals surface area (Å²) in [5.41, 5.74) is 0.457. The topological polar surface area (TPSA) is 87.5 Å². The van der Waals surface area contributed by atoms with Gasteiger partial charge in [0.25, 0.3) is 0 Å². The molecule has 15 heavy (non-hydrogen) atoms. The molecule has 1 aromatic heterocycles. The highest BCUT2D eigenvalue weighted by molar-refractivity contribution is 5.12. The van der Waals surface area contributed by atoms with Crippen molar-refractivity contribution in [3.05, 3.63) is 18.0 Å². The summed E-state index contributed by atoms with van der Waals surface area (Å²) >= 11 is 0. The van der Waals surface area contributed by atoms with E-state index in [2.05, 4.69) is 15.3 Å². The summed E-state index contributed by atoms with van der Waals surface area (Å²) in [6.07, 6.45) is 0.973. The Morgan fingerprint density at radius 2 is 2.00 bits per heavy atom. The van der Waals surface area contributed by atoms with Gasteiger partial charge in [0.2, 0.25) is 0 Å². The quantitative estimate of drug-likeness (QED) is 0.587. The monoisotopic (exact) mass is 213 g/mol. The van der Waals surface area contributed by atoms with E-state index in [-0.39, 0.29) is 6.01 Å². The Labute approximate surface area is 87.9 Å². The zero-order valence-electron chi connectivity index (χ0n) is 8.71. The normalized spacial score (nSPS) is 14.7. The minimum Gasteiger partial charge on any atom is -0.467 e. The van der Waals surface area contributed by atoms with Crippen molar-refractivity contribution < 1.29 is 14.9 Å². The third kappa shape index (κ3) is 3.12. The van der Waals surface area contributed by atoms with Gasteiger partial charge in [0.15, 0.2) is 0 Å². The predicted molar refractivity (Wildman–Crippen MR) is 53.5 cm³/mol. The van der Waals surface area contributed by atoms with E-state index in [4.69, 9.17) is 4.74 Å². The minimum absolute atomic E-state index is 0.231. The largest absolute Gasteiger partial charge is 0.467 e. The number of methoxy groups -OCH3 is 1. The second-order valence-corrected chi connectivity index (χ2v) is 3.07. The van der Waals surface area contributed by atoms with Crippen LogP contribution in [0.4, 0.5) is 0 Å². The number of likely N-dealkylation sites (N-methyl/N-ethyl adjacent to an activating group) is 1. The van der Waals surface area contributed by atoms with Gasteiger partial charge < -0.3 is 20.3 Å². The number of aliphatic hydroxyl groups excluding tert-OH is 2. The lowest BCUT2D eigenvalue weighted by Crippen LogP contribution is -2.29. The molecule has 0 radical (unpaired) electrons. The molecule has 0 aliphatic rings. The number of nitrogens with one attached hydrogen (secondary N) is 1. The SMILES string of the molecule is CNCC(O)C(O)c1cnc(OC)nc1. The fourth-order valence-corrected chi connectivity index (χ4v) is 1.13. The van der Waals surface area contributed by atoms with Crippen LogP contribution in [0.2, 0.25) is 0 Å². The minimum atomic E-state index is -0.997. The first-order valence-electron chi connectivity index (χ1n) is 4.55. The first kappa shape index (κ1) is 11.8. The Balaban J connectivity index is 2.69.